The van der Waals surface area contributed by atoms with E-state index < -0.39 is 17.5 Å². The summed E-state index contributed by atoms with van der Waals surface area (Å²) in [4.78, 5) is 14.2. The van der Waals surface area contributed by atoms with Crippen LogP contribution in [0.4, 0.5) is 9.18 Å². The third-order valence-corrected chi connectivity index (χ3v) is 5.11. The molecule has 0 bridgehead atoms. The lowest BCUT2D eigenvalue weighted by molar-refractivity contribution is 0.0143. The molecule has 0 aromatic heterocycles. The number of carbonyl (C=O) groups excluding carboxylic acids is 1. The van der Waals surface area contributed by atoms with Crippen LogP contribution < -0.4 is 0 Å². The summed E-state index contributed by atoms with van der Waals surface area (Å²) in [6.07, 6.45) is 3.60. The van der Waals surface area contributed by atoms with Crippen molar-refractivity contribution in [2.75, 3.05) is 0 Å². The number of hydrogen-bond acceptors (Lipinski definition) is 2. The predicted molar refractivity (Wildman–Crippen MR) is 93.1 cm³/mol. The van der Waals surface area contributed by atoms with Crippen LogP contribution >= 0.6 is 27.5 Å². The average Bonchev–Trinajstić information content (AvgIpc) is 2.96. The summed E-state index contributed by atoms with van der Waals surface area (Å²) in [6, 6.07) is 3.44. The molecule has 1 saturated carbocycles. The minimum atomic E-state index is -0.580. The topological polar surface area (TPSA) is 29.5 Å². The molecule has 1 amide bonds. The summed E-state index contributed by atoms with van der Waals surface area (Å²) in [5.41, 5.74) is -0.180. The second-order valence-corrected chi connectivity index (χ2v) is 8.11. The Balaban J connectivity index is 2.24. The second kappa shape index (κ2) is 7.39. The van der Waals surface area contributed by atoms with Crippen molar-refractivity contribution in [1.29, 1.82) is 0 Å². The first-order valence-corrected chi connectivity index (χ1v) is 8.98. The molecule has 1 aliphatic rings. The lowest BCUT2D eigenvalue weighted by Crippen LogP contribution is -2.42. The fourth-order valence-electron chi connectivity index (χ4n) is 2.75. The Bertz CT molecular complexity index is 583. The molecule has 0 radical (unpaired) electrons. The van der Waals surface area contributed by atoms with Crippen molar-refractivity contribution in [3.63, 3.8) is 0 Å². The molecule has 1 fully saturated rings. The molecule has 0 spiro atoms. The molecule has 0 aliphatic heterocycles. The Morgan fingerprint density at radius 3 is 2.57 bits per heavy atom. The Morgan fingerprint density at radius 2 is 2.00 bits per heavy atom. The van der Waals surface area contributed by atoms with Gasteiger partial charge in [0.05, 0.1) is 11.6 Å². The van der Waals surface area contributed by atoms with Gasteiger partial charge in [0.25, 0.3) is 0 Å². The van der Waals surface area contributed by atoms with Crippen LogP contribution in [-0.2, 0) is 11.3 Å². The summed E-state index contributed by atoms with van der Waals surface area (Å²) in [6.45, 7) is 5.65. The van der Waals surface area contributed by atoms with Gasteiger partial charge >= 0.3 is 6.09 Å². The van der Waals surface area contributed by atoms with E-state index in [0.29, 0.717) is 10.0 Å². The number of rotatable bonds is 3. The Kier molecular flexibility index (Phi) is 5.95. The van der Waals surface area contributed by atoms with Gasteiger partial charge in [-0.3, -0.25) is 0 Å². The number of hydrogen-bond donors (Lipinski definition) is 0. The smallest absolute Gasteiger partial charge is 0.410 e. The maximum absolute atomic E-state index is 14.4. The van der Waals surface area contributed by atoms with Gasteiger partial charge in [-0.05, 0) is 55.6 Å². The standard InChI is InChI=1S/C17H22BrClFNO2/c1-17(2,3)23-16(22)21(12-6-4-5-7-12)10-11-8-9-13(18)14(19)15(11)20/h8-9,12H,4-7,10H2,1-3H3. The second-order valence-electron chi connectivity index (χ2n) is 6.88. The highest BCUT2D eigenvalue weighted by molar-refractivity contribution is 9.10. The van der Waals surface area contributed by atoms with E-state index in [1.807, 2.05) is 20.8 Å². The summed E-state index contributed by atoms with van der Waals surface area (Å²) in [5.74, 6) is -0.493. The third kappa shape index (κ3) is 4.83. The van der Waals surface area contributed by atoms with E-state index in [0.717, 1.165) is 25.7 Å². The van der Waals surface area contributed by atoms with Crippen LogP contribution in [0.3, 0.4) is 0 Å². The molecular weight excluding hydrogens is 385 g/mol. The van der Waals surface area contributed by atoms with Crippen LogP contribution in [0.15, 0.2) is 16.6 Å². The van der Waals surface area contributed by atoms with Gasteiger partial charge < -0.3 is 9.64 Å². The van der Waals surface area contributed by atoms with E-state index in [2.05, 4.69) is 15.9 Å². The predicted octanol–water partition coefficient (Wildman–Crippen LogP) is 5.92. The van der Waals surface area contributed by atoms with E-state index in [4.69, 9.17) is 16.3 Å². The van der Waals surface area contributed by atoms with Gasteiger partial charge in [0, 0.05) is 16.1 Å². The molecule has 1 aliphatic carbocycles. The molecule has 128 valence electrons. The van der Waals surface area contributed by atoms with Crippen molar-refractivity contribution in [1.82, 2.24) is 4.90 Å². The highest BCUT2D eigenvalue weighted by atomic mass is 79.9. The van der Waals surface area contributed by atoms with E-state index >= 15 is 0 Å². The van der Waals surface area contributed by atoms with Crippen LogP contribution in [-0.4, -0.2) is 22.6 Å². The summed E-state index contributed by atoms with van der Waals surface area (Å²) < 4.78 is 20.4. The molecule has 0 atom stereocenters. The van der Waals surface area contributed by atoms with Gasteiger partial charge in [-0.25, -0.2) is 9.18 Å². The molecule has 2 rings (SSSR count). The minimum Gasteiger partial charge on any atom is -0.444 e. The largest absolute Gasteiger partial charge is 0.444 e. The fraction of sp³-hybridized carbons (Fsp3) is 0.588. The van der Waals surface area contributed by atoms with Crippen molar-refractivity contribution in [3.05, 3.63) is 33.0 Å². The van der Waals surface area contributed by atoms with Crippen molar-refractivity contribution >= 4 is 33.6 Å². The maximum atomic E-state index is 14.4. The number of carbonyl (C=O) groups is 1. The lowest BCUT2D eigenvalue weighted by atomic mass is 10.1. The molecular formula is C17H22BrClFNO2. The van der Waals surface area contributed by atoms with Crippen molar-refractivity contribution in [3.8, 4) is 0 Å². The lowest BCUT2D eigenvalue weighted by Gasteiger charge is -2.32. The van der Waals surface area contributed by atoms with E-state index in [9.17, 15) is 9.18 Å². The van der Waals surface area contributed by atoms with Gasteiger partial charge in [-0.2, -0.15) is 0 Å². The normalized spacial score (nSPS) is 15.7. The summed E-state index contributed by atoms with van der Waals surface area (Å²) >= 11 is 9.16. The number of ether oxygens (including phenoxy) is 1. The van der Waals surface area contributed by atoms with E-state index in [-0.39, 0.29) is 17.6 Å². The molecule has 1 aromatic carbocycles. The maximum Gasteiger partial charge on any atom is 0.410 e. The van der Waals surface area contributed by atoms with Crippen LogP contribution in [0.1, 0.15) is 52.0 Å². The van der Waals surface area contributed by atoms with Crippen LogP contribution in [0, 0.1) is 5.82 Å². The fourth-order valence-corrected chi connectivity index (χ4v) is 3.24. The Labute approximate surface area is 150 Å². The van der Waals surface area contributed by atoms with Crippen LogP contribution in [0.5, 0.6) is 0 Å². The van der Waals surface area contributed by atoms with Crippen molar-refractivity contribution < 1.29 is 13.9 Å². The first-order valence-electron chi connectivity index (χ1n) is 7.81. The average molecular weight is 407 g/mol. The van der Waals surface area contributed by atoms with Gasteiger partial charge in [0.1, 0.15) is 11.4 Å². The molecule has 6 heteroatoms. The molecule has 1 aromatic rings. The van der Waals surface area contributed by atoms with Crippen molar-refractivity contribution in [2.24, 2.45) is 0 Å². The quantitative estimate of drug-likeness (QED) is 0.583. The molecule has 0 unspecified atom stereocenters. The van der Waals surface area contributed by atoms with Gasteiger partial charge in [-0.15, -0.1) is 0 Å². The first-order chi connectivity index (χ1) is 10.7. The van der Waals surface area contributed by atoms with Gasteiger partial charge in [0.2, 0.25) is 0 Å². The van der Waals surface area contributed by atoms with Gasteiger partial charge in [-0.1, -0.05) is 30.5 Å². The number of nitrogens with zero attached hydrogens (tertiary/aromatic N) is 1. The zero-order valence-corrected chi connectivity index (χ0v) is 16.0. The molecule has 0 saturated heterocycles. The highest BCUT2D eigenvalue weighted by Crippen LogP contribution is 2.31. The number of benzene rings is 1. The zero-order valence-electron chi connectivity index (χ0n) is 13.7. The Hall–Kier alpha value is -0.810. The first kappa shape index (κ1) is 18.5. The molecule has 0 N–H and O–H groups in total. The molecule has 23 heavy (non-hydrogen) atoms. The van der Waals surface area contributed by atoms with Gasteiger partial charge in [0.15, 0.2) is 0 Å². The highest BCUT2D eigenvalue weighted by Gasteiger charge is 2.31. The molecule has 0 heterocycles. The third-order valence-electron chi connectivity index (χ3n) is 3.85. The Morgan fingerprint density at radius 1 is 1.39 bits per heavy atom. The molecule has 3 nitrogen and oxygen atoms in total. The van der Waals surface area contributed by atoms with Crippen LogP contribution in [0.2, 0.25) is 5.02 Å². The summed E-state index contributed by atoms with van der Waals surface area (Å²) in [7, 11) is 0. The zero-order chi connectivity index (χ0) is 17.2. The van der Waals surface area contributed by atoms with E-state index in [1.165, 1.54) is 0 Å². The summed E-state index contributed by atoms with van der Waals surface area (Å²) in [5, 5.41) is 0.0399. The number of halogens is 3. The van der Waals surface area contributed by atoms with Crippen LogP contribution in [0.25, 0.3) is 0 Å². The SMILES string of the molecule is CC(C)(C)OC(=O)N(Cc1ccc(Br)c(Cl)c1F)C1CCCC1. The van der Waals surface area contributed by atoms with E-state index in [1.54, 1.807) is 17.0 Å². The van der Waals surface area contributed by atoms with Crippen molar-refractivity contribution in [2.45, 2.75) is 64.6 Å². The monoisotopic (exact) mass is 405 g/mol. The number of amides is 1. The minimum absolute atomic E-state index is 0.0399.